The molecule has 94 valence electrons. The number of carbonyl (C=O) groups is 1. The van der Waals surface area contributed by atoms with Gasteiger partial charge in [-0.25, -0.2) is 0 Å². The van der Waals surface area contributed by atoms with Crippen LogP contribution in [0.15, 0.2) is 22.7 Å². The van der Waals surface area contributed by atoms with Crippen LogP contribution in [0.25, 0.3) is 0 Å². The third kappa shape index (κ3) is 4.36. The summed E-state index contributed by atoms with van der Waals surface area (Å²) in [6.07, 6.45) is 0. The van der Waals surface area contributed by atoms with Crippen molar-refractivity contribution in [2.75, 3.05) is 27.7 Å². The van der Waals surface area contributed by atoms with E-state index >= 15 is 0 Å². The van der Waals surface area contributed by atoms with Crippen LogP contribution in [0, 0.1) is 0 Å². The zero-order valence-electron chi connectivity index (χ0n) is 10.3. The summed E-state index contributed by atoms with van der Waals surface area (Å²) in [6, 6.07) is 5.80. The fraction of sp³-hybridized carbons (Fsp3) is 0.417. The number of nitrogens with zero attached hydrogens (tertiary/aromatic N) is 1. The maximum atomic E-state index is 11.4. The van der Waals surface area contributed by atoms with E-state index < -0.39 is 0 Å². The van der Waals surface area contributed by atoms with Gasteiger partial charge in [-0.05, 0) is 18.2 Å². The van der Waals surface area contributed by atoms with E-state index in [-0.39, 0.29) is 5.91 Å². The molecule has 0 bridgehead atoms. The summed E-state index contributed by atoms with van der Waals surface area (Å²) in [6.45, 7) is 0.921. The highest BCUT2D eigenvalue weighted by Gasteiger charge is 2.06. The monoisotopic (exact) mass is 300 g/mol. The molecule has 0 radical (unpaired) electrons. The SMILES string of the molecule is COc1ccc(Br)cc1CNCC(=O)N(C)C. The lowest BCUT2D eigenvalue weighted by atomic mass is 10.2. The molecule has 4 nitrogen and oxygen atoms in total. The highest BCUT2D eigenvalue weighted by atomic mass is 79.9. The number of nitrogens with one attached hydrogen (secondary N) is 1. The Hall–Kier alpha value is -1.07. The van der Waals surface area contributed by atoms with Gasteiger partial charge in [0.25, 0.3) is 0 Å². The van der Waals surface area contributed by atoms with E-state index in [1.54, 1.807) is 26.1 Å². The molecule has 0 aliphatic rings. The van der Waals surface area contributed by atoms with Crippen LogP contribution in [0.1, 0.15) is 5.56 Å². The van der Waals surface area contributed by atoms with E-state index in [9.17, 15) is 4.79 Å². The first-order chi connectivity index (χ1) is 8.04. The first-order valence-corrected chi connectivity index (χ1v) is 6.07. The summed E-state index contributed by atoms with van der Waals surface area (Å²) in [7, 11) is 5.12. The topological polar surface area (TPSA) is 41.6 Å². The highest BCUT2D eigenvalue weighted by Crippen LogP contribution is 2.22. The van der Waals surface area contributed by atoms with Crippen LogP contribution in [0.2, 0.25) is 0 Å². The summed E-state index contributed by atoms with van der Waals surface area (Å²) >= 11 is 3.41. The Morgan fingerprint density at radius 1 is 1.47 bits per heavy atom. The molecule has 0 aliphatic heterocycles. The normalized spacial score (nSPS) is 10.1. The predicted molar refractivity (Wildman–Crippen MR) is 71.1 cm³/mol. The largest absolute Gasteiger partial charge is 0.496 e. The lowest BCUT2D eigenvalue weighted by Gasteiger charge is -2.12. The maximum Gasteiger partial charge on any atom is 0.236 e. The standard InChI is InChI=1S/C12H17BrN2O2/c1-15(2)12(16)8-14-7-9-6-10(13)4-5-11(9)17-3/h4-6,14H,7-8H2,1-3H3. The Balaban J connectivity index is 2.56. The van der Waals surface area contributed by atoms with Crippen molar-refractivity contribution in [3.05, 3.63) is 28.2 Å². The van der Waals surface area contributed by atoms with Gasteiger partial charge in [-0.3, -0.25) is 4.79 Å². The summed E-state index contributed by atoms with van der Waals surface area (Å²) in [4.78, 5) is 12.9. The van der Waals surface area contributed by atoms with Crippen molar-refractivity contribution in [2.24, 2.45) is 0 Å². The van der Waals surface area contributed by atoms with Crippen LogP contribution in [0.4, 0.5) is 0 Å². The first-order valence-electron chi connectivity index (χ1n) is 5.28. The Bertz CT molecular complexity index is 394. The Labute approximate surface area is 110 Å². The number of carbonyl (C=O) groups excluding carboxylic acids is 1. The van der Waals surface area contributed by atoms with Crippen molar-refractivity contribution in [2.45, 2.75) is 6.54 Å². The number of halogens is 1. The average Bonchev–Trinajstić information content (AvgIpc) is 2.29. The molecule has 5 heteroatoms. The lowest BCUT2D eigenvalue weighted by Crippen LogP contribution is -2.32. The fourth-order valence-electron chi connectivity index (χ4n) is 1.35. The van der Waals surface area contributed by atoms with E-state index in [1.807, 2.05) is 18.2 Å². The van der Waals surface area contributed by atoms with Gasteiger partial charge >= 0.3 is 0 Å². The van der Waals surface area contributed by atoms with Gasteiger partial charge in [0.2, 0.25) is 5.91 Å². The predicted octanol–water partition coefficient (Wildman–Crippen LogP) is 1.64. The molecule has 1 N–H and O–H groups in total. The van der Waals surface area contributed by atoms with Crippen LogP contribution in [0.3, 0.4) is 0 Å². The van der Waals surface area contributed by atoms with Crippen LogP contribution in [-0.2, 0) is 11.3 Å². The minimum Gasteiger partial charge on any atom is -0.496 e. The molecule has 0 aliphatic carbocycles. The van der Waals surface area contributed by atoms with Crippen molar-refractivity contribution in [3.8, 4) is 5.75 Å². The molecule has 0 unspecified atom stereocenters. The Morgan fingerprint density at radius 3 is 2.76 bits per heavy atom. The number of likely N-dealkylation sites (N-methyl/N-ethyl adjacent to an activating group) is 1. The summed E-state index contributed by atoms with van der Waals surface area (Å²) < 4.78 is 6.24. The van der Waals surface area contributed by atoms with E-state index in [2.05, 4.69) is 21.2 Å². The fourth-order valence-corrected chi connectivity index (χ4v) is 1.76. The van der Waals surface area contributed by atoms with Crippen LogP contribution >= 0.6 is 15.9 Å². The van der Waals surface area contributed by atoms with E-state index in [0.717, 1.165) is 15.8 Å². The van der Waals surface area contributed by atoms with Gasteiger partial charge in [0.1, 0.15) is 5.75 Å². The molecule has 0 fully saturated rings. The van der Waals surface area contributed by atoms with Crippen LogP contribution in [-0.4, -0.2) is 38.6 Å². The third-order valence-corrected chi connectivity index (χ3v) is 2.83. The van der Waals surface area contributed by atoms with Crippen molar-refractivity contribution in [3.63, 3.8) is 0 Å². The number of ether oxygens (including phenoxy) is 1. The summed E-state index contributed by atoms with van der Waals surface area (Å²) in [5.41, 5.74) is 1.02. The number of methoxy groups -OCH3 is 1. The van der Waals surface area contributed by atoms with Crippen LogP contribution in [0.5, 0.6) is 5.75 Å². The number of hydrogen-bond acceptors (Lipinski definition) is 3. The van der Waals surface area contributed by atoms with E-state index in [4.69, 9.17) is 4.74 Å². The van der Waals surface area contributed by atoms with Crippen molar-refractivity contribution in [1.29, 1.82) is 0 Å². The van der Waals surface area contributed by atoms with Crippen molar-refractivity contribution < 1.29 is 9.53 Å². The maximum absolute atomic E-state index is 11.4. The zero-order chi connectivity index (χ0) is 12.8. The molecule has 17 heavy (non-hydrogen) atoms. The molecule has 0 spiro atoms. The first kappa shape index (κ1) is 14.0. The molecule has 0 aromatic heterocycles. The highest BCUT2D eigenvalue weighted by molar-refractivity contribution is 9.10. The number of hydrogen-bond donors (Lipinski definition) is 1. The van der Waals surface area contributed by atoms with Gasteiger partial charge < -0.3 is 15.0 Å². The molecule has 0 saturated carbocycles. The Morgan fingerprint density at radius 2 is 2.18 bits per heavy atom. The molecular formula is C12H17BrN2O2. The van der Waals surface area contributed by atoms with Gasteiger partial charge in [0.05, 0.1) is 13.7 Å². The third-order valence-electron chi connectivity index (χ3n) is 2.33. The van der Waals surface area contributed by atoms with Gasteiger partial charge in [0, 0.05) is 30.7 Å². The molecule has 1 rings (SSSR count). The molecule has 1 aromatic rings. The van der Waals surface area contributed by atoms with Gasteiger partial charge in [-0.2, -0.15) is 0 Å². The quantitative estimate of drug-likeness (QED) is 0.899. The second kappa shape index (κ2) is 6.61. The summed E-state index contributed by atoms with van der Waals surface area (Å²) in [5, 5.41) is 3.09. The van der Waals surface area contributed by atoms with E-state index in [1.165, 1.54) is 0 Å². The van der Waals surface area contributed by atoms with Crippen molar-refractivity contribution in [1.82, 2.24) is 10.2 Å². The average molecular weight is 301 g/mol. The minimum absolute atomic E-state index is 0.0546. The van der Waals surface area contributed by atoms with Crippen molar-refractivity contribution >= 4 is 21.8 Å². The van der Waals surface area contributed by atoms with Gasteiger partial charge in [-0.1, -0.05) is 15.9 Å². The molecule has 0 atom stereocenters. The number of rotatable bonds is 5. The number of benzene rings is 1. The van der Waals surface area contributed by atoms with E-state index in [0.29, 0.717) is 13.1 Å². The summed E-state index contributed by atoms with van der Waals surface area (Å²) in [5.74, 6) is 0.872. The number of amides is 1. The zero-order valence-corrected chi connectivity index (χ0v) is 11.9. The van der Waals surface area contributed by atoms with Crippen LogP contribution < -0.4 is 10.1 Å². The Kier molecular flexibility index (Phi) is 5.44. The smallest absolute Gasteiger partial charge is 0.236 e. The second-order valence-corrected chi connectivity index (χ2v) is 4.76. The molecule has 1 amide bonds. The molecule has 0 heterocycles. The van der Waals surface area contributed by atoms with Gasteiger partial charge in [-0.15, -0.1) is 0 Å². The minimum atomic E-state index is 0.0546. The molecule has 1 aromatic carbocycles. The second-order valence-electron chi connectivity index (χ2n) is 3.85. The van der Waals surface area contributed by atoms with Gasteiger partial charge in [0.15, 0.2) is 0 Å². The lowest BCUT2D eigenvalue weighted by molar-refractivity contribution is -0.127. The molecule has 0 saturated heterocycles. The molecular weight excluding hydrogens is 284 g/mol.